The summed E-state index contributed by atoms with van der Waals surface area (Å²) >= 11 is 0. The first-order valence-corrected chi connectivity index (χ1v) is 11.6. The average molecular weight is 440 g/mol. The second-order valence-electron chi connectivity index (χ2n) is 8.56. The molecule has 0 radical (unpaired) electrons. The molecule has 2 saturated heterocycles. The monoisotopic (exact) mass is 439 g/mol. The second-order valence-corrected chi connectivity index (χ2v) is 8.56. The molecule has 172 valence electrons. The fourth-order valence-corrected chi connectivity index (χ4v) is 4.42. The van der Waals surface area contributed by atoms with E-state index in [0.29, 0.717) is 39.3 Å². The van der Waals surface area contributed by atoms with Crippen molar-refractivity contribution in [3.8, 4) is 0 Å². The first-order chi connectivity index (χ1) is 15.5. The molecule has 4 rings (SSSR count). The Kier molecular flexibility index (Phi) is 7.09. The molecule has 32 heavy (non-hydrogen) atoms. The van der Waals surface area contributed by atoms with Crippen molar-refractivity contribution in [1.82, 2.24) is 20.5 Å². The number of pyridine rings is 1. The van der Waals surface area contributed by atoms with Crippen LogP contribution in [0.4, 0.5) is 10.6 Å². The van der Waals surface area contributed by atoms with Crippen LogP contribution < -0.4 is 15.5 Å². The molecule has 2 aromatic rings. The first kappa shape index (κ1) is 22.3. The van der Waals surface area contributed by atoms with Crippen molar-refractivity contribution in [1.29, 1.82) is 0 Å². The topological polar surface area (TPSA) is 86.8 Å². The molecule has 2 N–H and O–H groups in total. The molecule has 0 aliphatic carbocycles. The second kappa shape index (κ2) is 10.2. The summed E-state index contributed by atoms with van der Waals surface area (Å²) in [7, 11) is 0. The molecule has 8 heteroatoms. The molecule has 0 spiro atoms. The zero-order valence-corrected chi connectivity index (χ0v) is 19.0. The molecular weight excluding hydrogens is 406 g/mol. The predicted molar refractivity (Wildman–Crippen MR) is 125 cm³/mol. The molecule has 8 nitrogen and oxygen atoms in total. The zero-order valence-electron chi connectivity index (χ0n) is 19.0. The first-order valence-electron chi connectivity index (χ1n) is 11.6. The Morgan fingerprint density at radius 2 is 2.03 bits per heavy atom. The van der Waals surface area contributed by atoms with Gasteiger partial charge in [0.1, 0.15) is 5.82 Å². The summed E-state index contributed by atoms with van der Waals surface area (Å²) in [5, 5.41) is 7.56. The van der Waals surface area contributed by atoms with Crippen molar-refractivity contribution in [2.45, 2.75) is 45.7 Å². The maximum atomic E-state index is 12.4. The number of carbonyl (C=O) groups is 2. The molecule has 2 aliphatic rings. The highest BCUT2D eigenvalue weighted by Gasteiger charge is 2.25. The minimum absolute atomic E-state index is 0.0803. The molecule has 3 heterocycles. The van der Waals surface area contributed by atoms with Gasteiger partial charge in [0.2, 0.25) is 5.91 Å². The Balaban J connectivity index is 1.55. The lowest BCUT2D eigenvalue weighted by Gasteiger charge is -2.36. The molecule has 1 atom stereocenters. The third-order valence-corrected chi connectivity index (χ3v) is 6.21. The summed E-state index contributed by atoms with van der Waals surface area (Å²) < 4.78 is 5.15. The fraction of sp³-hybridized carbons (Fsp3) is 0.542. The Labute approximate surface area is 189 Å². The van der Waals surface area contributed by atoms with E-state index >= 15 is 0 Å². The van der Waals surface area contributed by atoms with E-state index in [9.17, 15) is 9.59 Å². The largest absolute Gasteiger partial charge is 0.450 e. The summed E-state index contributed by atoms with van der Waals surface area (Å²) in [6.07, 6.45) is 2.65. The van der Waals surface area contributed by atoms with E-state index in [-0.39, 0.29) is 18.0 Å². The number of nitrogens with one attached hydrogen (secondary N) is 2. The molecule has 0 saturated carbocycles. The molecule has 1 aromatic heterocycles. The number of aromatic nitrogens is 1. The van der Waals surface area contributed by atoms with Gasteiger partial charge < -0.3 is 25.2 Å². The van der Waals surface area contributed by atoms with Crippen LogP contribution in [0, 0.1) is 6.92 Å². The number of ether oxygens (including phenoxy) is 1. The van der Waals surface area contributed by atoms with Crippen LogP contribution in [0.1, 0.15) is 37.3 Å². The maximum absolute atomic E-state index is 12.4. The smallest absolute Gasteiger partial charge is 0.409 e. The Bertz CT molecular complexity index is 972. The van der Waals surface area contributed by atoms with Gasteiger partial charge in [0, 0.05) is 50.2 Å². The van der Waals surface area contributed by atoms with E-state index < -0.39 is 0 Å². The number of anilines is 1. The van der Waals surface area contributed by atoms with Gasteiger partial charge in [-0.3, -0.25) is 4.79 Å². The molecule has 2 amide bonds. The Hall–Kier alpha value is -2.87. The maximum Gasteiger partial charge on any atom is 0.409 e. The van der Waals surface area contributed by atoms with Crippen LogP contribution >= 0.6 is 0 Å². The molecule has 1 aromatic carbocycles. The van der Waals surface area contributed by atoms with Gasteiger partial charge in [0.25, 0.3) is 0 Å². The number of hydrogen-bond acceptors (Lipinski definition) is 6. The van der Waals surface area contributed by atoms with E-state index in [1.54, 1.807) is 4.90 Å². The van der Waals surface area contributed by atoms with Gasteiger partial charge in [-0.15, -0.1) is 0 Å². The normalized spacial score (nSPS) is 19.6. The summed E-state index contributed by atoms with van der Waals surface area (Å²) in [5.74, 6) is 1.00. The fourth-order valence-electron chi connectivity index (χ4n) is 4.42. The third kappa shape index (κ3) is 5.12. The number of aryl methyl sites for hydroxylation is 1. The summed E-state index contributed by atoms with van der Waals surface area (Å²) in [5.41, 5.74) is 3.22. The third-order valence-electron chi connectivity index (χ3n) is 6.21. The van der Waals surface area contributed by atoms with Gasteiger partial charge in [-0.2, -0.15) is 0 Å². The van der Waals surface area contributed by atoms with Crippen LogP contribution in [-0.2, 0) is 16.1 Å². The van der Waals surface area contributed by atoms with Gasteiger partial charge in [-0.05, 0) is 51.3 Å². The standard InChI is InChI=1S/C24H33N5O3/c1-3-32-24(31)29-12-10-28(11-13-29)22-19(15-18-14-17(2)7-8-20(18)27-22)16-26-21-6-4-5-9-25-23(21)30/h7-8,14-15,21,26H,3-6,9-13,16H2,1-2H3,(H,25,30)/t21-/m0/s1. The minimum atomic E-state index is -0.254. The van der Waals surface area contributed by atoms with Gasteiger partial charge in [-0.25, -0.2) is 9.78 Å². The number of amides is 2. The van der Waals surface area contributed by atoms with Gasteiger partial charge in [-0.1, -0.05) is 11.6 Å². The van der Waals surface area contributed by atoms with Gasteiger partial charge in [0.05, 0.1) is 18.2 Å². The highest BCUT2D eigenvalue weighted by molar-refractivity contribution is 5.83. The summed E-state index contributed by atoms with van der Waals surface area (Å²) in [6, 6.07) is 8.28. The highest BCUT2D eigenvalue weighted by atomic mass is 16.6. The van der Waals surface area contributed by atoms with Crippen LogP contribution in [0.25, 0.3) is 10.9 Å². The van der Waals surface area contributed by atoms with Crippen molar-refractivity contribution in [3.63, 3.8) is 0 Å². The molecule has 2 aliphatic heterocycles. The van der Waals surface area contributed by atoms with E-state index in [2.05, 4.69) is 46.7 Å². The Morgan fingerprint density at radius 1 is 1.22 bits per heavy atom. The van der Waals surface area contributed by atoms with Crippen molar-refractivity contribution in [2.75, 3.05) is 44.2 Å². The van der Waals surface area contributed by atoms with E-state index in [1.165, 1.54) is 5.56 Å². The quantitative estimate of drug-likeness (QED) is 0.745. The molecule has 0 bridgehead atoms. The van der Waals surface area contributed by atoms with Crippen molar-refractivity contribution >= 4 is 28.7 Å². The van der Waals surface area contributed by atoms with Crippen molar-refractivity contribution in [3.05, 3.63) is 35.4 Å². The molecule has 0 unspecified atom stereocenters. The van der Waals surface area contributed by atoms with Crippen LogP contribution in [0.15, 0.2) is 24.3 Å². The summed E-state index contributed by atoms with van der Waals surface area (Å²) in [6.45, 7) is 8.20. The van der Waals surface area contributed by atoms with Crippen LogP contribution in [0.5, 0.6) is 0 Å². The molecule has 2 fully saturated rings. The highest BCUT2D eigenvalue weighted by Crippen LogP contribution is 2.26. The number of rotatable bonds is 5. The number of fused-ring (bicyclic) bond motifs is 1. The van der Waals surface area contributed by atoms with E-state index in [0.717, 1.165) is 48.1 Å². The number of benzene rings is 1. The van der Waals surface area contributed by atoms with E-state index in [4.69, 9.17) is 9.72 Å². The average Bonchev–Trinajstić information content (AvgIpc) is 3.01. The number of hydrogen-bond donors (Lipinski definition) is 2. The van der Waals surface area contributed by atoms with Gasteiger partial charge >= 0.3 is 6.09 Å². The summed E-state index contributed by atoms with van der Waals surface area (Å²) in [4.78, 5) is 33.4. The van der Waals surface area contributed by atoms with E-state index in [1.807, 2.05) is 6.92 Å². The lowest BCUT2D eigenvalue weighted by atomic mass is 10.1. The van der Waals surface area contributed by atoms with Crippen molar-refractivity contribution < 1.29 is 14.3 Å². The number of piperazine rings is 1. The zero-order chi connectivity index (χ0) is 22.5. The van der Waals surface area contributed by atoms with Gasteiger partial charge in [0.15, 0.2) is 0 Å². The minimum Gasteiger partial charge on any atom is -0.450 e. The molecular formula is C24H33N5O3. The van der Waals surface area contributed by atoms with Crippen LogP contribution in [-0.4, -0.2) is 67.3 Å². The van der Waals surface area contributed by atoms with Crippen molar-refractivity contribution in [2.24, 2.45) is 0 Å². The van der Waals surface area contributed by atoms with Crippen LogP contribution in [0.2, 0.25) is 0 Å². The Morgan fingerprint density at radius 3 is 2.81 bits per heavy atom. The van der Waals surface area contributed by atoms with Crippen LogP contribution in [0.3, 0.4) is 0 Å². The number of carbonyl (C=O) groups excluding carboxylic acids is 2. The predicted octanol–water partition coefficient (Wildman–Crippen LogP) is 2.58. The lowest BCUT2D eigenvalue weighted by molar-refractivity contribution is -0.122. The number of nitrogens with zero attached hydrogens (tertiary/aromatic N) is 3. The SMILES string of the molecule is CCOC(=O)N1CCN(c2nc3ccc(C)cc3cc2CN[C@H]2CCCCNC2=O)CC1. The lowest BCUT2D eigenvalue weighted by Crippen LogP contribution is -2.49.